The molecule has 5 heteroatoms. The number of guanidine groups is 1. The van der Waals surface area contributed by atoms with E-state index in [0.29, 0.717) is 24.5 Å². The zero-order valence-electron chi connectivity index (χ0n) is 14.4. The van der Waals surface area contributed by atoms with E-state index < -0.39 is 0 Å². The Balaban J connectivity index is 1.88. The third kappa shape index (κ3) is 4.44. The molecule has 2 atom stereocenters. The second-order valence-corrected chi connectivity index (χ2v) is 6.47. The lowest BCUT2D eigenvalue weighted by molar-refractivity contribution is 0.265. The lowest BCUT2D eigenvalue weighted by atomic mass is 10.1. The topological polar surface area (TPSA) is 52.6 Å². The fourth-order valence-corrected chi connectivity index (χ4v) is 2.86. The van der Waals surface area contributed by atoms with Gasteiger partial charge in [-0.05, 0) is 38.8 Å². The molecule has 2 rings (SSSR count). The number of hydrogen-bond donors (Lipinski definition) is 2. The Kier molecular flexibility index (Phi) is 5.77. The predicted octanol–water partition coefficient (Wildman–Crippen LogP) is 1.78. The Bertz CT molecular complexity index is 512. The van der Waals surface area contributed by atoms with Gasteiger partial charge in [-0.2, -0.15) is 0 Å². The average Bonchev–Trinajstić information content (AvgIpc) is 2.85. The third-order valence-electron chi connectivity index (χ3n) is 4.30. The van der Waals surface area contributed by atoms with Crippen molar-refractivity contribution in [1.29, 1.82) is 0 Å². The lowest BCUT2D eigenvalue weighted by Crippen LogP contribution is -2.46. The summed E-state index contributed by atoms with van der Waals surface area (Å²) >= 11 is 0. The number of likely N-dealkylation sites (tertiary alicyclic amines) is 1. The van der Waals surface area contributed by atoms with E-state index in [1.165, 1.54) is 0 Å². The molecule has 1 fully saturated rings. The SMILES string of the molecule is CN=C(NCc1cccc(C)n1)NC1CN(C(C)C)CC1C. The molecular weight excluding hydrogens is 274 g/mol. The largest absolute Gasteiger partial charge is 0.352 e. The van der Waals surface area contributed by atoms with Gasteiger partial charge in [0.15, 0.2) is 5.96 Å². The van der Waals surface area contributed by atoms with Crippen molar-refractivity contribution < 1.29 is 0 Å². The second kappa shape index (κ2) is 7.58. The summed E-state index contributed by atoms with van der Waals surface area (Å²) in [5.41, 5.74) is 2.07. The number of pyridine rings is 1. The van der Waals surface area contributed by atoms with Crippen LogP contribution in [0.2, 0.25) is 0 Å². The first-order valence-corrected chi connectivity index (χ1v) is 8.13. The summed E-state index contributed by atoms with van der Waals surface area (Å²) in [6.07, 6.45) is 0. The number of hydrogen-bond acceptors (Lipinski definition) is 3. The lowest BCUT2D eigenvalue weighted by Gasteiger charge is -2.21. The van der Waals surface area contributed by atoms with E-state index in [0.717, 1.165) is 30.4 Å². The maximum Gasteiger partial charge on any atom is 0.191 e. The summed E-state index contributed by atoms with van der Waals surface area (Å²) in [7, 11) is 1.82. The van der Waals surface area contributed by atoms with Gasteiger partial charge in [-0.25, -0.2) is 0 Å². The molecule has 1 saturated heterocycles. The molecular formula is C17H29N5. The summed E-state index contributed by atoms with van der Waals surface area (Å²) in [4.78, 5) is 11.4. The number of nitrogens with zero attached hydrogens (tertiary/aromatic N) is 3. The maximum absolute atomic E-state index is 4.51. The van der Waals surface area contributed by atoms with Gasteiger partial charge in [-0.15, -0.1) is 0 Å². The van der Waals surface area contributed by atoms with E-state index >= 15 is 0 Å². The van der Waals surface area contributed by atoms with Crippen LogP contribution in [0.4, 0.5) is 0 Å². The summed E-state index contributed by atoms with van der Waals surface area (Å²) in [6.45, 7) is 11.7. The first kappa shape index (κ1) is 16.7. The van der Waals surface area contributed by atoms with Crippen molar-refractivity contribution in [3.8, 4) is 0 Å². The van der Waals surface area contributed by atoms with Gasteiger partial charge in [0.25, 0.3) is 0 Å². The minimum Gasteiger partial charge on any atom is -0.352 e. The summed E-state index contributed by atoms with van der Waals surface area (Å²) in [5.74, 6) is 1.48. The number of aromatic nitrogens is 1. The molecule has 0 amide bonds. The van der Waals surface area contributed by atoms with Gasteiger partial charge in [0.05, 0.1) is 12.2 Å². The average molecular weight is 303 g/mol. The zero-order valence-corrected chi connectivity index (χ0v) is 14.4. The molecule has 122 valence electrons. The smallest absolute Gasteiger partial charge is 0.191 e. The van der Waals surface area contributed by atoms with Gasteiger partial charge in [0, 0.05) is 37.9 Å². The molecule has 22 heavy (non-hydrogen) atoms. The highest BCUT2D eigenvalue weighted by Gasteiger charge is 2.31. The minimum absolute atomic E-state index is 0.444. The van der Waals surface area contributed by atoms with Gasteiger partial charge in [-0.3, -0.25) is 14.9 Å². The predicted molar refractivity (Wildman–Crippen MR) is 92.0 cm³/mol. The fourth-order valence-electron chi connectivity index (χ4n) is 2.86. The summed E-state index contributed by atoms with van der Waals surface area (Å²) < 4.78 is 0. The zero-order chi connectivity index (χ0) is 16.1. The Morgan fingerprint density at radius 1 is 1.41 bits per heavy atom. The van der Waals surface area contributed by atoms with Crippen molar-refractivity contribution >= 4 is 5.96 Å². The maximum atomic E-state index is 4.51. The van der Waals surface area contributed by atoms with E-state index in [4.69, 9.17) is 0 Å². The highest BCUT2D eigenvalue weighted by Crippen LogP contribution is 2.18. The van der Waals surface area contributed by atoms with Crippen LogP contribution in [0.25, 0.3) is 0 Å². The van der Waals surface area contributed by atoms with Crippen molar-refractivity contribution in [3.05, 3.63) is 29.6 Å². The van der Waals surface area contributed by atoms with Crippen molar-refractivity contribution in [2.45, 2.75) is 46.3 Å². The number of aliphatic imine (C=N–C) groups is 1. The highest BCUT2D eigenvalue weighted by atomic mass is 15.3. The quantitative estimate of drug-likeness (QED) is 0.658. The molecule has 2 unspecified atom stereocenters. The Hall–Kier alpha value is -1.62. The van der Waals surface area contributed by atoms with Crippen LogP contribution in [0.1, 0.15) is 32.2 Å². The first-order valence-electron chi connectivity index (χ1n) is 8.13. The van der Waals surface area contributed by atoms with E-state index in [2.05, 4.69) is 46.3 Å². The van der Waals surface area contributed by atoms with E-state index in [1.807, 2.05) is 32.2 Å². The molecule has 1 aromatic heterocycles. The normalized spacial score (nSPS) is 23.1. The Morgan fingerprint density at radius 3 is 2.77 bits per heavy atom. The first-order chi connectivity index (χ1) is 10.5. The third-order valence-corrected chi connectivity index (χ3v) is 4.30. The van der Waals surface area contributed by atoms with Crippen molar-refractivity contribution in [2.75, 3.05) is 20.1 Å². The molecule has 0 saturated carbocycles. The van der Waals surface area contributed by atoms with Crippen LogP contribution < -0.4 is 10.6 Å². The van der Waals surface area contributed by atoms with Crippen LogP contribution in [0.15, 0.2) is 23.2 Å². The second-order valence-electron chi connectivity index (χ2n) is 6.47. The summed E-state index contributed by atoms with van der Waals surface area (Å²) in [6, 6.07) is 7.12. The van der Waals surface area contributed by atoms with Gasteiger partial charge in [-0.1, -0.05) is 13.0 Å². The van der Waals surface area contributed by atoms with E-state index in [1.54, 1.807) is 0 Å². The number of rotatable bonds is 4. The molecule has 5 nitrogen and oxygen atoms in total. The van der Waals surface area contributed by atoms with E-state index in [-0.39, 0.29) is 0 Å². The molecule has 1 aliphatic heterocycles. The van der Waals surface area contributed by atoms with Crippen LogP contribution in [0, 0.1) is 12.8 Å². The Morgan fingerprint density at radius 2 is 2.18 bits per heavy atom. The van der Waals surface area contributed by atoms with Crippen LogP contribution in [0.5, 0.6) is 0 Å². The van der Waals surface area contributed by atoms with E-state index in [9.17, 15) is 0 Å². The number of nitrogens with one attached hydrogen (secondary N) is 2. The van der Waals surface area contributed by atoms with Gasteiger partial charge in [0.1, 0.15) is 0 Å². The molecule has 2 heterocycles. The Labute approximate surface area is 134 Å². The molecule has 2 N–H and O–H groups in total. The molecule has 1 aromatic rings. The standard InChI is InChI=1S/C17H29N5/c1-12(2)22-10-13(3)16(11-22)21-17(18-5)19-9-15-8-6-7-14(4)20-15/h6-8,12-13,16H,9-11H2,1-5H3,(H2,18,19,21). The molecule has 0 aromatic carbocycles. The van der Waals surface area contributed by atoms with Crippen LogP contribution in [-0.2, 0) is 6.54 Å². The number of aryl methyl sites for hydroxylation is 1. The van der Waals surface area contributed by atoms with Crippen LogP contribution >= 0.6 is 0 Å². The van der Waals surface area contributed by atoms with Gasteiger partial charge < -0.3 is 10.6 Å². The van der Waals surface area contributed by atoms with Gasteiger partial charge in [0.2, 0.25) is 0 Å². The molecule has 0 spiro atoms. The molecule has 1 aliphatic rings. The summed E-state index contributed by atoms with van der Waals surface area (Å²) in [5, 5.41) is 6.92. The molecule has 0 radical (unpaired) electrons. The molecule has 0 bridgehead atoms. The van der Waals surface area contributed by atoms with Crippen LogP contribution in [-0.4, -0.2) is 48.1 Å². The minimum atomic E-state index is 0.444. The van der Waals surface area contributed by atoms with Crippen molar-refractivity contribution in [2.24, 2.45) is 10.9 Å². The van der Waals surface area contributed by atoms with Crippen molar-refractivity contribution in [3.63, 3.8) is 0 Å². The van der Waals surface area contributed by atoms with Crippen LogP contribution in [0.3, 0.4) is 0 Å². The molecule has 0 aliphatic carbocycles. The van der Waals surface area contributed by atoms with Gasteiger partial charge >= 0.3 is 0 Å². The fraction of sp³-hybridized carbons (Fsp3) is 0.647. The van der Waals surface area contributed by atoms with Crippen molar-refractivity contribution in [1.82, 2.24) is 20.5 Å². The monoisotopic (exact) mass is 303 g/mol. The highest BCUT2D eigenvalue weighted by molar-refractivity contribution is 5.80.